The molecule has 1 rings (SSSR count). The van der Waals surface area contributed by atoms with Gasteiger partial charge in [0.15, 0.2) is 5.96 Å². The molecule has 0 unspecified atom stereocenters. The van der Waals surface area contributed by atoms with E-state index in [-0.39, 0.29) is 5.91 Å². The van der Waals surface area contributed by atoms with Gasteiger partial charge in [-0.2, -0.15) is 0 Å². The van der Waals surface area contributed by atoms with Crippen LogP contribution in [0.3, 0.4) is 0 Å². The van der Waals surface area contributed by atoms with Crippen molar-refractivity contribution in [3.63, 3.8) is 0 Å². The highest BCUT2D eigenvalue weighted by atomic mass is 16.1. The van der Waals surface area contributed by atoms with Crippen LogP contribution in [0, 0.1) is 11.8 Å². The summed E-state index contributed by atoms with van der Waals surface area (Å²) in [5.41, 5.74) is 0. The second-order valence-electron chi connectivity index (χ2n) is 6.57. The summed E-state index contributed by atoms with van der Waals surface area (Å²) in [7, 11) is 0. The summed E-state index contributed by atoms with van der Waals surface area (Å²) < 4.78 is 0. The zero-order chi connectivity index (χ0) is 16.2. The third-order valence-corrected chi connectivity index (χ3v) is 4.01. The van der Waals surface area contributed by atoms with E-state index in [0.717, 1.165) is 25.5 Å². The Morgan fingerprint density at radius 3 is 2.45 bits per heavy atom. The third-order valence-electron chi connectivity index (χ3n) is 4.01. The van der Waals surface area contributed by atoms with Crippen molar-refractivity contribution in [2.24, 2.45) is 16.8 Å². The summed E-state index contributed by atoms with van der Waals surface area (Å²) in [6, 6.07) is 0. The molecular formula is C17H34N4O. The lowest BCUT2D eigenvalue weighted by Gasteiger charge is -2.13. The zero-order valence-corrected chi connectivity index (χ0v) is 14.6. The van der Waals surface area contributed by atoms with Crippen molar-refractivity contribution in [3.8, 4) is 0 Å². The van der Waals surface area contributed by atoms with E-state index in [9.17, 15) is 4.79 Å². The Balaban J connectivity index is 2.14. The van der Waals surface area contributed by atoms with Crippen LogP contribution >= 0.6 is 0 Å². The van der Waals surface area contributed by atoms with E-state index in [0.29, 0.717) is 31.3 Å². The number of carbonyl (C=O) groups is 1. The second kappa shape index (κ2) is 11.3. The van der Waals surface area contributed by atoms with E-state index in [4.69, 9.17) is 0 Å². The molecule has 0 bridgehead atoms. The number of guanidine groups is 1. The van der Waals surface area contributed by atoms with Crippen molar-refractivity contribution in [3.05, 3.63) is 0 Å². The summed E-state index contributed by atoms with van der Waals surface area (Å²) in [6.45, 7) is 9.52. The first-order valence-corrected chi connectivity index (χ1v) is 8.90. The van der Waals surface area contributed by atoms with Gasteiger partial charge in [-0.1, -0.05) is 26.7 Å². The Morgan fingerprint density at radius 2 is 1.82 bits per heavy atom. The van der Waals surface area contributed by atoms with Crippen LogP contribution < -0.4 is 16.0 Å². The van der Waals surface area contributed by atoms with Crippen LogP contribution in [0.2, 0.25) is 0 Å². The molecule has 0 spiro atoms. The molecule has 128 valence electrons. The summed E-state index contributed by atoms with van der Waals surface area (Å²) in [4.78, 5) is 16.4. The largest absolute Gasteiger partial charge is 0.357 e. The van der Waals surface area contributed by atoms with Crippen molar-refractivity contribution < 1.29 is 4.79 Å². The number of nitrogens with one attached hydrogen (secondary N) is 3. The lowest BCUT2D eigenvalue weighted by atomic mass is 10.0. The minimum atomic E-state index is 0.190. The van der Waals surface area contributed by atoms with E-state index in [1.165, 1.54) is 25.7 Å². The van der Waals surface area contributed by atoms with Gasteiger partial charge in [-0.25, -0.2) is 0 Å². The quantitative estimate of drug-likeness (QED) is 0.348. The maximum Gasteiger partial charge on any atom is 0.220 e. The third kappa shape index (κ3) is 8.90. The number of amides is 1. The Kier molecular flexibility index (Phi) is 9.67. The topological polar surface area (TPSA) is 65.5 Å². The first kappa shape index (κ1) is 18.8. The molecule has 3 N–H and O–H groups in total. The van der Waals surface area contributed by atoms with E-state index in [2.05, 4.69) is 41.7 Å². The van der Waals surface area contributed by atoms with Gasteiger partial charge in [0.25, 0.3) is 0 Å². The first-order valence-electron chi connectivity index (χ1n) is 8.90. The predicted molar refractivity (Wildman–Crippen MR) is 93.0 cm³/mol. The second-order valence-corrected chi connectivity index (χ2v) is 6.57. The fourth-order valence-electron chi connectivity index (χ4n) is 2.71. The van der Waals surface area contributed by atoms with E-state index in [1.807, 2.05) is 0 Å². The number of aliphatic imine (C=N–C) groups is 1. The molecule has 0 atom stereocenters. The fourth-order valence-corrected chi connectivity index (χ4v) is 2.71. The molecule has 0 heterocycles. The number of hydrogen-bond donors (Lipinski definition) is 3. The summed E-state index contributed by atoms with van der Waals surface area (Å²) in [5.74, 6) is 2.31. The molecule has 1 fully saturated rings. The molecule has 5 nitrogen and oxygen atoms in total. The van der Waals surface area contributed by atoms with Crippen LogP contribution in [0.5, 0.6) is 0 Å². The molecule has 0 aromatic carbocycles. The molecular weight excluding hydrogens is 276 g/mol. The average Bonchev–Trinajstić information content (AvgIpc) is 2.96. The standard InChI is InChI=1S/C17H34N4O/c1-4-18-17(20-10-9-14(2)3)21-12-11-19-16(22)13-15-7-5-6-8-15/h14-15H,4-13H2,1-3H3,(H,19,22)(H2,18,20,21). The van der Waals surface area contributed by atoms with E-state index < -0.39 is 0 Å². The van der Waals surface area contributed by atoms with Crippen molar-refractivity contribution in [2.75, 3.05) is 26.2 Å². The van der Waals surface area contributed by atoms with Crippen LogP contribution in [-0.4, -0.2) is 38.0 Å². The van der Waals surface area contributed by atoms with E-state index in [1.54, 1.807) is 0 Å². The highest BCUT2D eigenvalue weighted by Crippen LogP contribution is 2.27. The summed E-state index contributed by atoms with van der Waals surface area (Å²) >= 11 is 0. The molecule has 0 saturated heterocycles. The SMILES string of the molecule is CCNC(=NCCC(C)C)NCCNC(=O)CC1CCCC1. The Labute approximate surface area is 135 Å². The van der Waals surface area contributed by atoms with E-state index >= 15 is 0 Å². The van der Waals surface area contributed by atoms with Crippen molar-refractivity contribution in [1.29, 1.82) is 0 Å². The molecule has 1 aliphatic carbocycles. The van der Waals surface area contributed by atoms with Gasteiger partial charge >= 0.3 is 0 Å². The number of hydrogen-bond acceptors (Lipinski definition) is 2. The molecule has 1 amide bonds. The molecule has 5 heteroatoms. The highest BCUT2D eigenvalue weighted by Gasteiger charge is 2.17. The number of rotatable bonds is 9. The summed E-state index contributed by atoms with van der Waals surface area (Å²) in [5, 5.41) is 9.49. The lowest BCUT2D eigenvalue weighted by Crippen LogP contribution is -2.41. The predicted octanol–water partition coefficient (Wildman–Crippen LogP) is 2.28. The number of carbonyl (C=O) groups excluding carboxylic acids is 1. The average molecular weight is 310 g/mol. The van der Waals surface area contributed by atoms with Crippen molar-refractivity contribution in [1.82, 2.24) is 16.0 Å². The Morgan fingerprint density at radius 1 is 1.14 bits per heavy atom. The van der Waals surface area contributed by atoms with Gasteiger partial charge in [0.05, 0.1) is 0 Å². The van der Waals surface area contributed by atoms with Gasteiger partial charge in [0, 0.05) is 32.6 Å². The number of nitrogens with zero attached hydrogens (tertiary/aromatic N) is 1. The smallest absolute Gasteiger partial charge is 0.220 e. The molecule has 1 saturated carbocycles. The van der Waals surface area contributed by atoms with Gasteiger partial charge < -0.3 is 16.0 Å². The van der Waals surface area contributed by atoms with Crippen LogP contribution in [0.4, 0.5) is 0 Å². The van der Waals surface area contributed by atoms with Gasteiger partial charge in [0.2, 0.25) is 5.91 Å². The molecule has 0 aromatic rings. The van der Waals surface area contributed by atoms with Crippen LogP contribution in [0.1, 0.15) is 59.3 Å². The first-order chi connectivity index (χ1) is 10.6. The van der Waals surface area contributed by atoms with Crippen LogP contribution in [-0.2, 0) is 4.79 Å². The molecule has 1 aliphatic rings. The van der Waals surface area contributed by atoms with Gasteiger partial charge in [-0.05, 0) is 38.0 Å². The highest BCUT2D eigenvalue weighted by molar-refractivity contribution is 5.80. The molecule has 0 radical (unpaired) electrons. The summed E-state index contributed by atoms with van der Waals surface area (Å²) in [6.07, 6.45) is 6.81. The van der Waals surface area contributed by atoms with Gasteiger partial charge in [-0.15, -0.1) is 0 Å². The maximum atomic E-state index is 11.8. The maximum absolute atomic E-state index is 11.8. The molecule has 0 aliphatic heterocycles. The normalized spacial score (nSPS) is 16.1. The Hall–Kier alpha value is -1.26. The minimum Gasteiger partial charge on any atom is -0.357 e. The monoisotopic (exact) mass is 310 g/mol. The van der Waals surface area contributed by atoms with Crippen molar-refractivity contribution >= 4 is 11.9 Å². The van der Waals surface area contributed by atoms with Crippen molar-refractivity contribution in [2.45, 2.75) is 59.3 Å². The fraction of sp³-hybridized carbons (Fsp3) is 0.882. The van der Waals surface area contributed by atoms with Crippen LogP contribution in [0.15, 0.2) is 4.99 Å². The molecule has 22 heavy (non-hydrogen) atoms. The minimum absolute atomic E-state index is 0.190. The van der Waals surface area contributed by atoms with Crippen LogP contribution in [0.25, 0.3) is 0 Å². The zero-order valence-electron chi connectivity index (χ0n) is 14.6. The Bertz CT molecular complexity index is 336. The lowest BCUT2D eigenvalue weighted by molar-refractivity contribution is -0.121. The van der Waals surface area contributed by atoms with Gasteiger partial charge in [0.1, 0.15) is 0 Å². The van der Waals surface area contributed by atoms with Gasteiger partial charge in [-0.3, -0.25) is 9.79 Å². The molecule has 0 aromatic heterocycles.